The Kier molecular flexibility index (Phi) is 6.90. The molecule has 12 heavy (non-hydrogen) atoms. The van der Waals surface area contributed by atoms with Gasteiger partial charge < -0.3 is 10.8 Å². The molecule has 0 aliphatic rings. The quantitative estimate of drug-likeness (QED) is 0.668. The van der Waals surface area contributed by atoms with Crippen LogP contribution in [0.3, 0.4) is 0 Å². The standard InChI is InChI=1S/C9H21NOS/c1-7(2)6-8(10)9(11)4-5-12-3/h7-9,11H,4-6,10H2,1-3H3. The molecule has 0 spiro atoms. The second-order valence-corrected chi connectivity index (χ2v) is 4.63. The van der Waals surface area contributed by atoms with E-state index in [2.05, 4.69) is 13.8 Å². The van der Waals surface area contributed by atoms with E-state index in [-0.39, 0.29) is 12.1 Å². The molecule has 2 nitrogen and oxygen atoms in total. The van der Waals surface area contributed by atoms with E-state index < -0.39 is 0 Å². The third-order valence-electron chi connectivity index (χ3n) is 1.86. The molecule has 0 fully saturated rings. The molecule has 3 N–H and O–H groups in total. The predicted molar refractivity (Wildman–Crippen MR) is 56.4 cm³/mol. The molecular formula is C9H21NOS. The average Bonchev–Trinajstić information content (AvgIpc) is 1.98. The third-order valence-corrected chi connectivity index (χ3v) is 2.50. The minimum absolute atomic E-state index is 0.0443. The molecule has 3 heteroatoms. The zero-order valence-corrected chi connectivity index (χ0v) is 9.10. The number of hydrogen-bond acceptors (Lipinski definition) is 3. The van der Waals surface area contributed by atoms with E-state index >= 15 is 0 Å². The summed E-state index contributed by atoms with van der Waals surface area (Å²) in [6, 6.07) is -0.0443. The minimum Gasteiger partial charge on any atom is -0.391 e. The van der Waals surface area contributed by atoms with Gasteiger partial charge in [-0.15, -0.1) is 0 Å². The molecule has 2 unspecified atom stereocenters. The predicted octanol–water partition coefficient (Wildman–Crippen LogP) is 1.47. The summed E-state index contributed by atoms with van der Waals surface area (Å²) in [4.78, 5) is 0. The van der Waals surface area contributed by atoms with E-state index in [1.165, 1.54) is 0 Å². The van der Waals surface area contributed by atoms with Gasteiger partial charge in [0.15, 0.2) is 0 Å². The summed E-state index contributed by atoms with van der Waals surface area (Å²) in [5, 5.41) is 9.56. The summed E-state index contributed by atoms with van der Waals surface area (Å²) in [6.45, 7) is 4.25. The van der Waals surface area contributed by atoms with Gasteiger partial charge in [0, 0.05) is 6.04 Å². The van der Waals surface area contributed by atoms with Gasteiger partial charge in [0.25, 0.3) is 0 Å². The van der Waals surface area contributed by atoms with Crippen LogP contribution in [0, 0.1) is 5.92 Å². The topological polar surface area (TPSA) is 46.2 Å². The Hall–Kier alpha value is 0.270. The summed E-state index contributed by atoms with van der Waals surface area (Å²) in [6.07, 6.45) is 3.45. The highest BCUT2D eigenvalue weighted by Crippen LogP contribution is 2.10. The van der Waals surface area contributed by atoms with E-state index in [9.17, 15) is 5.11 Å². The van der Waals surface area contributed by atoms with Crippen LogP contribution in [0.2, 0.25) is 0 Å². The zero-order chi connectivity index (χ0) is 9.56. The second-order valence-electron chi connectivity index (χ2n) is 3.64. The van der Waals surface area contributed by atoms with Crippen LogP contribution in [0.15, 0.2) is 0 Å². The SMILES string of the molecule is CSCCC(O)C(N)CC(C)C. The molecule has 0 aromatic heterocycles. The Balaban J connectivity index is 3.53. The fourth-order valence-electron chi connectivity index (χ4n) is 1.15. The summed E-state index contributed by atoms with van der Waals surface area (Å²) < 4.78 is 0. The van der Waals surface area contributed by atoms with Crippen molar-refractivity contribution in [2.24, 2.45) is 11.7 Å². The molecule has 0 aliphatic heterocycles. The van der Waals surface area contributed by atoms with E-state index in [0.29, 0.717) is 5.92 Å². The Morgan fingerprint density at radius 2 is 2.00 bits per heavy atom. The van der Waals surface area contributed by atoms with Crippen molar-refractivity contribution in [3.63, 3.8) is 0 Å². The minimum atomic E-state index is -0.320. The summed E-state index contributed by atoms with van der Waals surface area (Å²) >= 11 is 1.75. The van der Waals surface area contributed by atoms with Gasteiger partial charge >= 0.3 is 0 Å². The normalized spacial score (nSPS) is 16.5. The van der Waals surface area contributed by atoms with Gasteiger partial charge in [-0.3, -0.25) is 0 Å². The molecule has 0 saturated carbocycles. The van der Waals surface area contributed by atoms with Crippen LogP contribution in [0.25, 0.3) is 0 Å². The van der Waals surface area contributed by atoms with Crippen LogP contribution < -0.4 is 5.73 Å². The maximum absolute atomic E-state index is 9.56. The van der Waals surface area contributed by atoms with E-state index in [0.717, 1.165) is 18.6 Å². The highest BCUT2D eigenvalue weighted by molar-refractivity contribution is 7.98. The zero-order valence-electron chi connectivity index (χ0n) is 8.29. The lowest BCUT2D eigenvalue weighted by Crippen LogP contribution is -2.36. The molecule has 0 saturated heterocycles. The van der Waals surface area contributed by atoms with Crippen LogP contribution in [0.1, 0.15) is 26.7 Å². The van der Waals surface area contributed by atoms with Gasteiger partial charge in [-0.05, 0) is 30.8 Å². The maximum atomic E-state index is 9.56. The van der Waals surface area contributed by atoms with Gasteiger partial charge in [0.05, 0.1) is 6.10 Å². The third kappa shape index (κ3) is 5.86. The van der Waals surface area contributed by atoms with Crippen molar-refractivity contribution in [1.82, 2.24) is 0 Å². The van der Waals surface area contributed by atoms with Crippen molar-refractivity contribution >= 4 is 11.8 Å². The summed E-state index contributed by atoms with van der Waals surface area (Å²) in [5.74, 6) is 1.57. The highest BCUT2D eigenvalue weighted by atomic mass is 32.2. The first kappa shape index (κ1) is 12.3. The van der Waals surface area contributed by atoms with E-state index in [1.807, 2.05) is 6.26 Å². The second kappa shape index (κ2) is 6.75. The van der Waals surface area contributed by atoms with E-state index in [1.54, 1.807) is 11.8 Å². The fourth-order valence-corrected chi connectivity index (χ4v) is 1.63. The van der Waals surface area contributed by atoms with Crippen molar-refractivity contribution < 1.29 is 5.11 Å². The largest absolute Gasteiger partial charge is 0.391 e. The lowest BCUT2D eigenvalue weighted by Gasteiger charge is -2.19. The molecule has 0 radical (unpaired) electrons. The first-order valence-corrected chi connectivity index (χ1v) is 5.90. The lowest BCUT2D eigenvalue weighted by atomic mass is 9.99. The van der Waals surface area contributed by atoms with Crippen molar-refractivity contribution in [2.75, 3.05) is 12.0 Å². The molecule has 0 aromatic rings. The number of nitrogens with two attached hydrogens (primary N) is 1. The molecule has 74 valence electrons. The van der Waals surface area contributed by atoms with Crippen molar-refractivity contribution in [3.8, 4) is 0 Å². The summed E-state index contributed by atoms with van der Waals surface area (Å²) in [7, 11) is 0. The monoisotopic (exact) mass is 191 g/mol. The molecule has 0 amide bonds. The Morgan fingerprint density at radius 1 is 1.42 bits per heavy atom. The molecule has 0 bridgehead atoms. The van der Waals surface area contributed by atoms with Crippen LogP contribution in [0.4, 0.5) is 0 Å². The van der Waals surface area contributed by atoms with Gasteiger partial charge in [-0.1, -0.05) is 13.8 Å². The van der Waals surface area contributed by atoms with Crippen LogP contribution >= 0.6 is 11.8 Å². The van der Waals surface area contributed by atoms with Gasteiger partial charge in [0.1, 0.15) is 0 Å². The van der Waals surface area contributed by atoms with E-state index in [4.69, 9.17) is 5.73 Å². The number of aliphatic hydroxyl groups excluding tert-OH is 1. The first-order valence-electron chi connectivity index (χ1n) is 4.50. The number of aliphatic hydroxyl groups is 1. The van der Waals surface area contributed by atoms with Crippen molar-refractivity contribution in [3.05, 3.63) is 0 Å². The fraction of sp³-hybridized carbons (Fsp3) is 1.00. The first-order chi connectivity index (χ1) is 5.57. The molecule has 2 atom stereocenters. The molecule has 0 aliphatic carbocycles. The summed E-state index contributed by atoms with van der Waals surface area (Å²) in [5.41, 5.74) is 5.80. The van der Waals surface area contributed by atoms with Gasteiger partial charge in [0.2, 0.25) is 0 Å². The van der Waals surface area contributed by atoms with Crippen LogP contribution in [-0.4, -0.2) is 29.3 Å². The maximum Gasteiger partial charge on any atom is 0.0699 e. The molecule has 0 rings (SSSR count). The van der Waals surface area contributed by atoms with Crippen molar-refractivity contribution in [1.29, 1.82) is 0 Å². The number of hydrogen-bond donors (Lipinski definition) is 2. The molecular weight excluding hydrogens is 170 g/mol. The number of rotatable bonds is 6. The van der Waals surface area contributed by atoms with Gasteiger partial charge in [-0.2, -0.15) is 11.8 Å². The smallest absolute Gasteiger partial charge is 0.0699 e. The van der Waals surface area contributed by atoms with Crippen molar-refractivity contribution in [2.45, 2.75) is 38.8 Å². The Bertz CT molecular complexity index is 109. The Morgan fingerprint density at radius 3 is 2.42 bits per heavy atom. The highest BCUT2D eigenvalue weighted by Gasteiger charge is 2.14. The lowest BCUT2D eigenvalue weighted by molar-refractivity contribution is 0.131. The van der Waals surface area contributed by atoms with Crippen LogP contribution in [0.5, 0.6) is 0 Å². The van der Waals surface area contributed by atoms with Gasteiger partial charge in [-0.25, -0.2) is 0 Å². The molecule has 0 aromatic carbocycles. The van der Waals surface area contributed by atoms with Crippen LogP contribution in [-0.2, 0) is 0 Å². The average molecular weight is 191 g/mol. The number of thioether (sulfide) groups is 1. The molecule has 0 heterocycles. The Labute approximate surface area is 79.9 Å².